The zero-order chi connectivity index (χ0) is 21.8. The minimum Gasteiger partial charge on any atom is -0.324 e. The lowest BCUT2D eigenvalue weighted by Crippen LogP contribution is -2.35. The molecular weight excluding hydrogens is 405 g/mol. The lowest BCUT2D eigenvalue weighted by Gasteiger charge is -2.27. The van der Waals surface area contributed by atoms with Gasteiger partial charge < -0.3 is 5.32 Å². The number of carbonyl (C=O) groups excluding carboxylic acids is 1. The fourth-order valence-corrected chi connectivity index (χ4v) is 4.07. The number of aryl methyl sites for hydroxylation is 1. The van der Waals surface area contributed by atoms with Gasteiger partial charge in [-0.3, -0.25) is 14.4 Å². The highest BCUT2D eigenvalue weighted by Gasteiger charge is 2.30. The number of amides is 1. The molecule has 1 aliphatic rings. The van der Waals surface area contributed by atoms with Crippen LogP contribution in [0.5, 0.6) is 0 Å². The number of fused-ring (bicyclic) bond motifs is 1. The zero-order valence-electron chi connectivity index (χ0n) is 17.1. The molecule has 164 valence electrons. The quantitative estimate of drug-likeness (QED) is 0.564. The summed E-state index contributed by atoms with van der Waals surface area (Å²) in [5.41, 5.74) is 2.22. The van der Waals surface area contributed by atoms with Crippen LogP contribution in [0.2, 0.25) is 0 Å². The van der Waals surface area contributed by atoms with Crippen molar-refractivity contribution in [3.05, 3.63) is 60.3 Å². The molecule has 1 amide bonds. The van der Waals surface area contributed by atoms with Gasteiger partial charge in [-0.25, -0.2) is 0 Å². The Labute approximate surface area is 178 Å². The first-order chi connectivity index (χ1) is 14.9. The lowest BCUT2D eigenvalue weighted by atomic mass is 10.0. The number of benzene rings is 2. The molecule has 4 rings (SSSR count). The average molecular weight is 430 g/mol. The first kappa shape index (κ1) is 21.4. The standard InChI is InChI=1S/C23H25F3N4O/c24-23(25,26)11-6-14-30-16-18-9-10-19(15-20(18)28-30)27-22(31)21(29-12-4-5-13-29)17-7-2-1-3-8-17/h1-3,7-10,15-16,21H,4-6,11-14H2,(H,27,31). The molecule has 1 N–H and O–H groups in total. The number of hydrogen-bond donors (Lipinski definition) is 1. The first-order valence-electron chi connectivity index (χ1n) is 10.5. The van der Waals surface area contributed by atoms with Gasteiger partial charge in [0, 0.05) is 30.2 Å². The van der Waals surface area contributed by atoms with Crippen LogP contribution in [-0.2, 0) is 11.3 Å². The molecule has 8 heteroatoms. The Morgan fingerprint density at radius 1 is 1.10 bits per heavy atom. The second kappa shape index (κ2) is 9.09. The summed E-state index contributed by atoms with van der Waals surface area (Å²) in [6.07, 6.45) is -1.12. The molecule has 5 nitrogen and oxygen atoms in total. The van der Waals surface area contributed by atoms with E-state index in [4.69, 9.17) is 0 Å². The van der Waals surface area contributed by atoms with E-state index in [0.717, 1.165) is 36.9 Å². The van der Waals surface area contributed by atoms with E-state index >= 15 is 0 Å². The number of hydrogen-bond acceptors (Lipinski definition) is 3. The summed E-state index contributed by atoms with van der Waals surface area (Å²) in [5, 5.41) is 8.19. The molecule has 31 heavy (non-hydrogen) atoms. The summed E-state index contributed by atoms with van der Waals surface area (Å²) in [7, 11) is 0. The van der Waals surface area contributed by atoms with Crippen LogP contribution in [0.1, 0.15) is 37.3 Å². The maximum Gasteiger partial charge on any atom is 0.389 e. The van der Waals surface area contributed by atoms with Crippen LogP contribution in [0.4, 0.5) is 18.9 Å². The SMILES string of the molecule is O=C(Nc1ccc2cn(CCCC(F)(F)F)nc2c1)C(c1ccccc1)N1CCCC1. The third-order valence-corrected chi connectivity index (χ3v) is 5.54. The first-order valence-corrected chi connectivity index (χ1v) is 10.5. The Bertz CT molecular complexity index is 1030. The molecule has 1 fully saturated rings. The van der Waals surface area contributed by atoms with Crippen LogP contribution >= 0.6 is 0 Å². The Hall–Kier alpha value is -2.87. The normalized spacial score (nSPS) is 16.0. The highest BCUT2D eigenvalue weighted by atomic mass is 19.4. The molecule has 2 heterocycles. The number of rotatable bonds is 7. The van der Waals surface area contributed by atoms with Gasteiger partial charge >= 0.3 is 6.18 Å². The third kappa shape index (κ3) is 5.44. The fraction of sp³-hybridized carbons (Fsp3) is 0.391. The molecule has 0 bridgehead atoms. The van der Waals surface area contributed by atoms with Crippen LogP contribution < -0.4 is 5.32 Å². The molecule has 0 radical (unpaired) electrons. The Kier molecular flexibility index (Phi) is 6.27. The smallest absolute Gasteiger partial charge is 0.324 e. The molecule has 1 saturated heterocycles. The summed E-state index contributed by atoms with van der Waals surface area (Å²) in [6, 6.07) is 14.8. The van der Waals surface area contributed by atoms with E-state index in [9.17, 15) is 18.0 Å². The van der Waals surface area contributed by atoms with Gasteiger partial charge in [0.25, 0.3) is 0 Å². The van der Waals surface area contributed by atoms with Crippen LogP contribution in [0.25, 0.3) is 10.9 Å². The maximum absolute atomic E-state index is 13.2. The van der Waals surface area contributed by atoms with Gasteiger partial charge in [0.2, 0.25) is 5.91 Å². The molecule has 0 saturated carbocycles. The summed E-state index contributed by atoms with van der Waals surface area (Å²) in [4.78, 5) is 15.4. The summed E-state index contributed by atoms with van der Waals surface area (Å²) in [5.74, 6) is -0.0999. The van der Waals surface area contributed by atoms with Gasteiger partial charge in [0.05, 0.1) is 5.52 Å². The maximum atomic E-state index is 13.2. The number of carbonyl (C=O) groups is 1. The van der Waals surface area contributed by atoms with E-state index in [1.165, 1.54) is 4.68 Å². The van der Waals surface area contributed by atoms with E-state index in [1.54, 1.807) is 18.3 Å². The van der Waals surface area contributed by atoms with Gasteiger partial charge in [0.1, 0.15) is 6.04 Å². The zero-order valence-corrected chi connectivity index (χ0v) is 17.1. The summed E-state index contributed by atoms with van der Waals surface area (Å²) in [6.45, 7) is 1.96. The van der Waals surface area contributed by atoms with Crippen molar-refractivity contribution in [2.45, 2.75) is 44.4 Å². The average Bonchev–Trinajstić information content (AvgIpc) is 3.37. The Balaban J connectivity index is 1.48. The highest BCUT2D eigenvalue weighted by Crippen LogP contribution is 2.27. The number of alkyl halides is 3. The fourth-order valence-electron chi connectivity index (χ4n) is 4.07. The number of anilines is 1. The number of aromatic nitrogens is 2. The molecule has 0 aliphatic carbocycles. The highest BCUT2D eigenvalue weighted by molar-refractivity contribution is 5.97. The van der Waals surface area contributed by atoms with Crippen molar-refractivity contribution in [1.82, 2.24) is 14.7 Å². The minimum absolute atomic E-state index is 0.0182. The second-order valence-electron chi connectivity index (χ2n) is 7.93. The van der Waals surface area contributed by atoms with E-state index in [0.29, 0.717) is 11.2 Å². The molecule has 1 atom stereocenters. The van der Waals surface area contributed by atoms with Gasteiger partial charge in [-0.1, -0.05) is 30.3 Å². The lowest BCUT2D eigenvalue weighted by molar-refractivity contribution is -0.136. The second-order valence-corrected chi connectivity index (χ2v) is 7.93. The van der Waals surface area contributed by atoms with Crippen LogP contribution in [-0.4, -0.2) is 39.9 Å². The number of nitrogens with zero attached hydrogens (tertiary/aromatic N) is 3. The predicted molar refractivity (Wildman–Crippen MR) is 114 cm³/mol. The van der Waals surface area contributed by atoms with Crippen molar-refractivity contribution in [3.63, 3.8) is 0 Å². The van der Waals surface area contributed by atoms with Gasteiger partial charge in [-0.15, -0.1) is 0 Å². The number of nitrogens with one attached hydrogen (secondary N) is 1. The Morgan fingerprint density at radius 2 is 1.84 bits per heavy atom. The van der Waals surface area contributed by atoms with Gasteiger partial charge in [-0.2, -0.15) is 18.3 Å². The van der Waals surface area contributed by atoms with Crippen LogP contribution in [0.15, 0.2) is 54.7 Å². The van der Waals surface area contributed by atoms with Crippen molar-refractivity contribution in [2.24, 2.45) is 0 Å². The summed E-state index contributed by atoms with van der Waals surface area (Å²) >= 11 is 0. The van der Waals surface area contributed by atoms with Crippen molar-refractivity contribution in [3.8, 4) is 0 Å². The van der Waals surface area contributed by atoms with E-state index in [-0.39, 0.29) is 24.9 Å². The molecule has 2 aromatic carbocycles. The molecule has 0 spiro atoms. The van der Waals surface area contributed by atoms with Crippen molar-refractivity contribution in [2.75, 3.05) is 18.4 Å². The topological polar surface area (TPSA) is 50.2 Å². The van der Waals surface area contributed by atoms with Gasteiger partial charge in [-0.05, 0) is 56.1 Å². The van der Waals surface area contributed by atoms with Crippen LogP contribution in [0, 0.1) is 0 Å². The van der Waals surface area contributed by atoms with E-state index < -0.39 is 12.6 Å². The molecule has 3 aromatic rings. The van der Waals surface area contributed by atoms with Crippen molar-refractivity contribution >= 4 is 22.5 Å². The molecule has 1 unspecified atom stereocenters. The molecular formula is C23H25F3N4O. The third-order valence-electron chi connectivity index (χ3n) is 5.54. The summed E-state index contributed by atoms with van der Waals surface area (Å²) < 4.78 is 38.6. The van der Waals surface area contributed by atoms with E-state index in [1.807, 2.05) is 36.4 Å². The predicted octanol–water partition coefficient (Wildman–Crippen LogP) is 5.15. The van der Waals surface area contributed by atoms with Crippen molar-refractivity contribution in [1.29, 1.82) is 0 Å². The van der Waals surface area contributed by atoms with Crippen molar-refractivity contribution < 1.29 is 18.0 Å². The van der Waals surface area contributed by atoms with Crippen LogP contribution in [0.3, 0.4) is 0 Å². The minimum atomic E-state index is -4.16. The molecule has 1 aliphatic heterocycles. The largest absolute Gasteiger partial charge is 0.389 e. The molecule has 1 aromatic heterocycles. The Morgan fingerprint density at radius 3 is 2.55 bits per heavy atom. The van der Waals surface area contributed by atoms with Gasteiger partial charge in [0.15, 0.2) is 0 Å². The van der Waals surface area contributed by atoms with E-state index in [2.05, 4.69) is 15.3 Å². The number of halogens is 3. The monoisotopic (exact) mass is 430 g/mol. The number of likely N-dealkylation sites (tertiary alicyclic amines) is 1.